The van der Waals surface area contributed by atoms with Crippen LogP contribution in [0.5, 0.6) is 5.75 Å². The van der Waals surface area contributed by atoms with E-state index in [2.05, 4.69) is 41.5 Å². The Balaban J connectivity index is 1.56. The minimum atomic E-state index is -0.261. The maximum absolute atomic E-state index is 12.2. The van der Waals surface area contributed by atoms with E-state index in [9.17, 15) is 4.79 Å². The van der Waals surface area contributed by atoms with Gasteiger partial charge in [-0.25, -0.2) is 0 Å². The summed E-state index contributed by atoms with van der Waals surface area (Å²) < 4.78 is 7.90. The molecule has 0 aliphatic heterocycles. The largest absolute Gasteiger partial charge is 0.483 e. The van der Waals surface area contributed by atoms with Gasteiger partial charge in [-0.2, -0.15) is 0 Å². The van der Waals surface area contributed by atoms with Crippen LogP contribution in [0.15, 0.2) is 53.7 Å². The molecule has 0 radical (unpaired) electrons. The summed E-state index contributed by atoms with van der Waals surface area (Å²) in [5, 5.41) is 12.1. The third-order valence-electron chi connectivity index (χ3n) is 4.76. The number of benzene rings is 2. The van der Waals surface area contributed by atoms with Crippen LogP contribution in [-0.2, 0) is 11.8 Å². The van der Waals surface area contributed by atoms with Crippen LogP contribution >= 0.6 is 11.8 Å². The predicted octanol–water partition coefficient (Wildman–Crippen LogP) is 5.12. The Morgan fingerprint density at radius 3 is 2.37 bits per heavy atom. The van der Waals surface area contributed by atoms with E-state index in [0.717, 1.165) is 17.0 Å². The topological polar surface area (TPSA) is 69.0 Å². The van der Waals surface area contributed by atoms with Gasteiger partial charge in [0.05, 0.1) is 5.75 Å². The van der Waals surface area contributed by atoms with Crippen molar-refractivity contribution in [2.75, 3.05) is 11.1 Å². The molecule has 6 nitrogen and oxygen atoms in total. The second-order valence-electron chi connectivity index (χ2n) is 7.59. The van der Waals surface area contributed by atoms with Gasteiger partial charge in [-0.3, -0.25) is 4.79 Å². The molecule has 0 spiro atoms. The lowest BCUT2D eigenvalue weighted by Gasteiger charge is -2.15. The molecule has 2 aromatic carbocycles. The Hall–Kier alpha value is -2.80. The Morgan fingerprint density at radius 1 is 1.07 bits per heavy atom. The number of amides is 1. The smallest absolute Gasteiger partial charge is 0.234 e. The Kier molecular flexibility index (Phi) is 7.15. The zero-order valence-electron chi connectivity index (χ0n) is 18.0. The number of thioether (sulfide) groups is 1. The van der Waals surface area contributed by atoms with Crippen LogP contribution < -0.4 is 10.1 Å². The molecule has 158 valence electrons. The first kappa shape index (κ1) is 21.9. The summed E-state index contributed by atoms with van der Waals surface area (Å²) in [5.41, 5.74) is 3.22. The maximum Gasteiger partial charge on any atom is 0.234 e. The van der Waals surface area contributed by atoms with Gasteiger partial charge in [-0.1, -0.05) is 55.4 Å². The monoisotopic (exact) mass is 424 g/mol. The molecule has 0 bridgehead atoms. The van der Waals surface area contributed by atoms with Crippen molar-refractivity contribution in [2.45, 2.75) is 44.9 Å². The fourth-order valence-corrected chi connectivity index (χ4v) is 3.68. The van der Waals surface area contributed by atoms with Crippen molar-refractivity contribution >= 4 is 23.4 Å². The van der Waals surface area contributed by atoms with Crippen molar-refractivity contribution in [1.82, 2.24) is 14.8 Å². The molecular weight excluding hydrogens is 396 g/mol. The van der Waals surface area contributed by atoms with Gasteiger partial charge in [0.2, 0.25) is 5.91 Å². The van der Waals surface area contributed by atoms with Crippen molar-refractivity contribution in [3.05, 3.63) is 65.5 Å². The van der Waals surface area contributed by atoms with Gasteiger partial charge in [0.1, 0.15) is 5.75 Å². The zero-order valence-corrected chi connectivity index (χ0v) is 18.9. The molecule has 1 heterocycles. The second-order valence-corrected chi connectivity index (χ2v) is 8.53. The van der Waals surface area contributed by atoms with E-state index >= 15 is 0 Å². The summed E-state index contributed by atoms with van der Waals surface area (Å²) in [5.74, 6) is 2.16. The van der Waals surface area contributed by atoms with Crippen LogP contribution in [-0.4, -0.2) is 26.4 Å². The first-order valence-corrected chi connectivity index (χ1v) is 11.0. The van der Waals surface area contributed by atoms with Gasteiger partial charge in [0, 0.05) is 12.7 Å². The number of nitrogens with one attached hydrogen (secondary N) is 1. The SMILES string of the molecule is Cc1ccc(NC(=O)CSc2nnc(C(C)Oc3ccc(C(C)C)cc3)n2C)cc1. The lowest BCUT2D eigenvalue weighted by Crippen LogP contribution is -2.14. The zero-order chi connectivity index (χ0) is 21.7. The molecule has 0 saturated carbocycles. The molecule has 0 saturated heterocycles. The van der Waals surface area contributed by atoms with E-state index in [-0.39, 0.29) is 17.8 Å². The number of carbonyl (C=O) groups is 1. The number of nitrogens with zero attached hydrogens (tertiary/aromatic N) is 3. The molecule has 0 aliphatic carbocycles. The molecule has 1 atom stereocenters. The number of hydrogen-bond donors (Lipinski definition) is 1. The fraction of sp³-hybridized carbons (Fsp3) is 0.348. The van der Waals surface area contributed by atoms with E-state index in [4.69, 9.17) is 4.74 Å². The minimum Gasteiger partial charge on any atom is -0.483 e. The third-order valence-corrected chi connectivity index (χ3v) is 5.78. The highest BCUT2D eigenvalue weighted by molar-refractivity contribution is 7.99. The van der Waals surface area contributed by atoms with Crippen LogP contribution in [0.4, 0.5) is 5.69 Å². The number of anilines is 1. The average Bonchev–Trinajstić information content (AvgIpc) is 3.09. The molecule has 7 heteroatoms. The minimum absolute atomic E-state index is 0.0806. The van der Waals surface area contributed by atoms with Gasteiger partial charge in [-0.05, 0) is 49.6 Å². The van der Waals surface area contributed by atoms with Crippen LogP contribution in [0.1, 0.15) is 49.7 Å². The number of carbonyl (C=O) groups excluding carboxylic acids is 1. The first-order valence-electron chi connectivity index (χ1n) is 9.98. The van der Waals surface area contributed by atoms with E-state index < -0.39 is 0 Å². The number of ether oxygens (including phenoxy) is 1. The molecule has 1 N–H and O–H groups in total. The molecule has 3 aromatic rings. The van der Waals surface area contributed by atoms with Crippen molar-refractivity contribution in [1.29, 1.82) is 0 Å². The van der Waals surface area contributed by atoms with Crippen molar-refractivity contribution < 1.29 is 9.53 Å². The van der Waals surface area contributed by atoms with E-state index in [1.54, 1.807) is 0 Å². The molecule has 3 rings (SSSR count). The Bertz CT molecular complexity index is 981. The number of hydrogen-bond acceptors (Lipinski definition) is 5. The summed E-state index contributed by atoms with van der Waals surface area (Å²) in [4.78, 5) is 12.2. The summed E-state index contributed by atoms with van der Waals surface area (Å²) >= 11 is 1.35. The van der Waals surface area contributed by atoms with E-state index in [1.165, 1.54) is 17.3 Å². The van der Waals surface area contributed by atoms with E-state index in [1.807, 2.05) is 61.9 Å². The molecule has 1 unspecified atom stereocenters. The highest BCUT2D eigenvalue weighted by Gasteiger charge is 2.18. The van der Waals surface area contributed by atoms with Crippen molar-refractivity contribution in [3.63, 3.8) is 0 Å². The highest BCUT2D eigenvalue weighted by Crippen LogP contribution is 2.25. The standard InChI is InChI=1S/C23H28N4O2S/c1-15(2)18-8-12-20(13-9-18)29-17(4)22-25-26-23(27(22)5)30-14-21(28)24-19-10-6-16(3)7-11-19/h6-13,15,17H,14H2,1-5H3,(H,24,28). The lowest BCUT2D eigenvalue weighted by atomic mass is 10.0. The van der Waals surface area contributed by atoms with Gasteiger partial charge in [0.15, 0.2) is 17.1 Å². The maximum atomic E-state index is 12.2. The molecule has 1 amide bonds. The van der Waals surface area contributed by atoms with Gasteiger partial charge < -0.3 is 14.6 Å². The third kappa shape index (κ3) is 5.63. The first-order chi connectivity index (χ1) is 14.3. The average molecular weight is 425 g/mol. The second kappa shape index (κ2) is 9.80. The van der Waals surface area contributed by atoms with E-state index in [0.29, 0.717) is 16.9 Å². The molecule has 0 fully saturated rings. The van der Waals surface area contributed by atoms with Crippen LogP contribution in [0.2, 0.25) is 0 Å². The van der Waals surface area contributed by atoms with Crippen LogP contribution in [0, 0.1) is 6.92 Å². The molecular formula is C23H28N4O2S. The Morgan fingerprint density at radius 2 is 1.73 bits per heavy atom. The predicted molar refractivity (Wildman–Crippen MR) is 121 cm³/mol. The fourth-order valence-electron chi connectivity index (χ4n) is 2.96. The lowest BCUT2D eigenvalue weighted by molar-refractivity contribution is -0.113. The number of aryl methyl sites for hydroxylation is 1. The number of rotatable bonds is 8. The van der Waals surface area contributed by atoms with Crippen molar-refractivity contribution in [3.8, 4) is 5.75 Å². The summed E-state index contributed by atoms with van der Waals surface area (Å²) in [7, 11) is 1.89. The quantitative estimate of drug-likeness (QED) is 0.509. The van der Waals surface area contributed by atoms with Gasteiger partial charge >= 0.3 is 0 Å². The summed E-state index contributed by atoms with van der Waals surface area (Å²) in [6.45, 7) is 8.29. The molecule has 1 aromatic heterocycles. The number of aromatic nitrogens is 3. The van der Waals surface area contributed by atoms with Crippen LogP contribution in [0.25, 0.3) is 0 Å². The van der Waals surface area contributed by atoms with Gasteiger partial charge in [0.25, 0.3) is 0 Å². The summed E-state index contributed by atoms with van der Waals surface area (Å²) in [6, 6.07) is 15.8. The normalized spacial score (nSPS) is 12.1. The van der Waals surface area contributed by atoms with Crippen molar-refractivity contribution in [2.24, 2.45) is 7.05 Å². The van der Waals surface area contributed by atoms with Gasteiger partial charge in [-0.15, -0.1) is 10.2 Å². The Labute approximate surface area is 182 Å². The highest BCUT2D eigenvalue weighted by atomic mass is 32.2. The molecule has 30 heavy (non-hydrogen) atoms. The van der Waals surface area contributed by atoms with Crippen LogP contribution in [0.3, 0.4) is 0 Å². The summed E-state index contributed by atoms with van der Waals surface area (Å²) in [6.07, 6.45) is -0.261. The molecule has 0 aliphatic rings.